The van der Waals surface area contributed by atoms with E-state index in [0.717, 1.165) is 28.5 Å². The highest BCUT2D eigenvalue weighted by molar-refractivity contribution is 7.98. The third-order valence-corrected chi connectivity index (χ3v) is 9.71. The number of carbonyl (C=O) groups is 1. The SMILES string of the molecule is C=CC[C@@]1(C)C[C@H](c2cccc(Cl)c2)[C@@H](c2ccc(Cl)cc2)N([C@H](CSCc2ccccc2)C2CC2)C1=O. The largest absolute Gasteiger partial charge is 0.330 e. The number of hydrogen-bond donors (Lipinski definition) is 0. The molecule has 4 atom stereocenters. The lowest BCUT2D eigenvalue weighted by molar-refractivity contribution is -0.154. The molecule has 1 amide bonds. The summed E-state index contributed by atoms with van der Waals surface area (Å²) in [6.07, 6.45) is 5.66. The van der Waals surface area contributed by atoms with Crippen molar-refractivity contribution in [2.24, 2.45) is 11.3 Å². The number of amides is 1. The van der Waals surface area contributed by atoms with E-state index < -0.39 is 5.41 Å². The van der Waals surface area contributed by atoms with Crippen LogP contribution in [0.15, 0.2) is 91.5 Å². The van der Waals surface area contributed by atoms with Gasteiger partial charge < -0.3 is 4.90 Å². The summed E-state index contributed by atoms with van der Waals surface area (Å²) in [5, 5.41) is 1.43. The topological polar surface area (TPSA) is 20.3 Å². The van der Waals surface area contributed by atoms with Crippen LogP contribution in [0.2, 0.25) is 10.0 Å². The molecule has 1 aliphatic heterocycles. The van der Waals surface area contributed by atoms with Crippen molar-refractivity contribution in [3.05, 3.63) is 118 Å². The van der Waals surface area contributed by atoms with Crippen LogP contribution < -0.4 is 0 Å². The molecule has 2 fully saturated rings. The molecule has 1 saturated heterocycles. The summed E-state index contributed by atoms with van der Waals surface area (Å²) in [6, 6.07) is 27.0. The van der Waals surface area contributed by atoms with Crippen molar-refractivity contribution in [2.45, 2.75) is 56.4 Å². The molecule has 2 aliphatic rings. The molecular weight excluding hydrogens is 529 g/mol. The molecule has 0 spiro atoms. The smallest absolute Gasteiger partial charge is 0.229 e. The lowest BCUT2D eigenvalue weighted by Gasteiger charge is -2.52. The van der Waals surface area contributed by atoms with Gasteiger partial charge in [-0.25, -0.2) is 0 Å². The van der Waals surface area contributed by atoms with Crippen molar-refractivity contribution in [1.82, 2.24) is 4.90 Å². The van der Waals surface area contributed by atoms with Gasteiger partial charge in [0.15, 0.2) is 0 Å². The van der Waals surface area contributed by atoms with Gasteiger partial charge in [-0.2, -0.15) is 11.8 Å². The zero-order chi connectivity index (χ0) is 26.7. The number of rotatable bonds is 10. The summed E-state index contributed by atoms with van der Waals surface area (Å²) >= 11 is 14.8. The summed E-state index contributed by atoms with van der Waals surface area (Å²) in [5.74, 6) is 2.75. The van der Waals surface area contributed by atoms with Gasteiger partial charge in [0.2, 0.25) is 5.91 Å². The number of halogens is 2. The van der Waals surface area contributed by atoms with Crippen LogP contribution in [0, 0.1) is 11.3 Å². The lowest BCUT2D eigenvalue weighted by Crippen LogP contribution is -2.56. The van der Waals surface area contributed by atoms with Gasteiger partial charge in [0.1, 0.15) is 0 Å². The molecule has 38 heavy (non-hydrogen) atoms. The molecule has 0 bridgehead atoms. The van der Waals surface area contributed by atoms with E-state index >= 15 is 0 Å². The first-order valence-electron chi connectivity index (χ1n) is 13.5. The maximum Gasteiger partial charge on any atom is 0.229 e. The molecule has 3 aromatic rings. The van der Waals surface area contributed by atoms with Crippen LogP contribution >= 0.6 is 35.0 Å². The van der Waals surface area contributed by atoms with Crippen molar-refractivity contribution in [1.29, 1.82) is 0 Å². The Labute approximate surface area is 241 Å². The van der Waals surface area contributed by atoms with Gasteiger partial charge >= 0.3 is 0 Å². The number of allylic oxidation sites excluding steroid dienone is 1. The van der Waals surface area contributed by atoms with Gasteiger partial charge in [-0.15, -0.1) is 6.58 Å². The number of piperidine rings is 1. The van der Waals surface area contributed by atoms with Gasteiger partial charge in [-0.1, -0.05) is 90.8 Å². The van der Waals surface area contributed by atoms with E-state index in [-0.39, 0.29) is 23.9 Å². The lowest BCUT2D eigenvalue weighted by atomic mass is 9.67. The average Bonchev–Trinajstić information content (AvgIpc) is 3.75. The second kappa shape index (κ2) is 11.9. The first kappa shape index (κ1) is 27.4. The van der Waals surface area contributed by atoms with Crippen LogP contribution in [0.25, 0.3) is 0 Å². The summed E-state index contributed by atoms with van der Waals surface area (Å²) in [7, 11) is 0. The predicted octanol–water partition coefficient (Wildman–Crippen LogP) is 9.35. The summed E-state index contributed by atoms with van der Waals surface area (Å²) in [5.41, 5.74) is 3.11. The van der Waals surface area contributed by atoms with Crippen molar-refractivity contribution in [3.8, 4) is 0 Å². The molecule has 5 heteroatoms. The fourth-order valence-electron chi connectivity index (χ4n) is 6.05. The van der Waals surface area contributed by atoms with Crippen molar-refractivity contribution >= 4 is 40.9 Å². The Morgan fingerprint density at radius 1 is 1.00 bits per heavy atom. The monoisotopic (exact) mass is 563 g/mol. The third-order valence-electron chi connectivity index (χ3n) is 8.11. The first-order chi connectivity index (χ1) is 18.4. The minimum Gasteiger partial charge on any atom is -0.330 e. The third kappa shape index (κ3) is 6.01. The van der Waals surface area contributed by atoms with Crippen LogP contribution in [-0.4, -0.2) is 22.6 Å². The molecule has 0 unspecified atom stereocenters. The number of carbonyl (C=O) groups excluding carboxylic acids is 1. The fraction of sp³-hybridized carbons (Fsp3) is 0.364. The second-order valence-corrected chi connectivity index (χ2v) is 12.9. The predicted molar refractivity (Wildman–Crippen MR) is 162 cm³/mol. The van der Waals surface area contributed by atoms with E-state index in [1.165, 1.54) is 24.0 Å². The van der Waals surface area contributed by atoms with Crippen molar-refractivity contribution in [2.75, 3.05) is 5.75 Å². The normalized spacial score (nSPS) is 24.3. The molecule has 0 aromatic heterocycles. The summed E-state index contributed by atoms with van der Waals surface area (Å²) < 4.78 is 0. The standard InChI is InChI=1S/C33H35Cl2NOS/c1-3-18-33(2)20-29(26-10-7-11-28(35)19-26)31(25-14-16-27(34)17-15-25)36(32(33)37)30(24-12-13-24)22-38-21-23-8-5-4-6-9-23/h3-11,14-17,19,24,29-31H,1,12-13,18,20-22H2,2H3/t29-,30-,31-,33+/m1/s1. The molecule has 5 rings (SSSR count). The van der Waals surface area contributed by atoms with E-state index in [1.54, 1.807) is 0 Å². The van der Waals surface area contributed by atoms with E-state index in [4.69, 9.17) is 23.2 Å². The molecular formula is C33H35Cl2NOS. The Bertz CT molecular complexity index is 1260. The van der Waals surface area contributed by atoms with Crippen LogP contribution in [-0.2, 0) is 10.5 Å². The fourth-order valence-corrected chi connectivity index (χ4v) is 7.59. The Hall–Kier alpha value is -2.20. The summed E-state index contributed by atoms with van der Waals surface area (Å²) in [4.78, 5) is 16.8. The molecule has 1 saturated carbocycles. The second-order valence-electron chi connectivity index (χ2n) is 11.0. The number of thioether (sulfide) groups is 1. The molecule has 0 N–H and O–H groups in total. The van der Waals surface area contributed by atoms with Crippen LogP contribution in [0.5, 0.6) is 0 Å². The van der Waals surface area contributed by atoms with Gasteiger partial charge in [0.25, 0.3) is 0 Å². The average molecular weight is 565 g/mol. The molecule has 2 nitrogen and oxygen atoms in total. The zero-order valence-electron chi connectivity index (χ0n) is 21.9. The highest BCUT2D eigenvalue weighted by Crippen LogP contribution is 2.54. The van der Waals surface area contributed by atoms with Crippen LogP contribution in [0.3, 0.4) is 0 Å². The Morgan fingerprint density at radius 2 is 1.74 bits per heavy atom. The highest BCUT2D eigenvalue weighted by Gasteiger charge is 2.53. The van der Waals surface area contributed by atoms with E-state index in [2.05, 4.69) is 73.0 Å². The molecule has 1 aliphatic carbocycles. The van der Waals surface area contributed by atoms with E-state index in [9.17, 15) is 4.79 Å². The number of likely N-dealkylation sites (tertiary alicyclic amines) is 1. The Morgan fingerprint density at radius 3 is 2.39 bits per heavy atom. The van der Waals surface area contributed by atoms with Crippen LogP contribution in [0.1, 0.15) is 61.3 Å². The number of hydrogen-bond acceptors (Lipinski definition) is 2. The van der Waals surface area contributed by atoms with E-state index in [1.807, 2.05) is 42.1 Å². The minimum absolute atomic E-state index is 0.0842. The maximum absolute atomic E-state index is 14.6. The summed E-state index contributed by atoms with van der Waals surface area (Å²) in [6.45, 7) is 6.15. The van der Waals surface area contributed by atoms with Gasteiger partial charge in [-0.3, -0.25) is 4.79 Å². The molecule has 0 radical (unpaired) electrons. The van der Waals surface area contributed by atoms with Gasteiger partial charge in [0, 0.05) is 33.5 Å². The number of benzene rings is 3. The van der Waals surface area contributed by atoms with Crippen molar-refractivity contribution < 1.29 is 4.79 Å². The van der Waals surface area contributed by atoms with E-state index in [0.29, 0.717) is 17.4 Å². The van der Waals surface area contributed by atoms with Gasteiger partial charge in [0.05, 0.1) is 11.5 Å². The first-order valence-corrected chi connectivity index (χ1v) is 15.4. The Balaban J connectivity index is 1.57. The molecule has 1 heterocycles. The minimum atomic E-state index is -0.519. The maximum atomic E-state index is 14.6. The molecule has 198 valence electrons. The molecule has 3 aromatic carbocycles. The van der Waals surface area contributed by atoms with Crippen molar-refractivity contribution in [3.63, 3.8) is 0 Å². The van der Waals surface area contributed by atoms with Crippen LogP contribution in [0.4, 0.5) is 0 Å². The Kier molecular flexibility index (Phi) is 8.57. The quantitative estimate of drug-likeness (QED) is 0.229. The van der Waals surface area contributed by atoms with Gasteiger partial charge in [-0.05, 0) is 72.6 Å². The number of nitrogens with zero attached hydrogens (tertiary/aromatic N) is 1. The highest BCUT2D eigenvalue weighted by atomic mass is 35.5. The zero-order valence-corrected chi connectivity index (χ0v) is 24.2.